The Hall–Kier alpha value is -2.48. The predicted molar refractivity (Wildman–Crippen MR) is 105 cm³/mol. The molecule has 2 aromatic rings. The van der Waals surface area contributed by atoms with Gasteiger partial charge in [-0.25, -0.2) is 4.79 Å². The molecule has 1 aromatic heterocycles. The van der Waals surface area contributed by atoms with E-state index in [9.17, 15) is 9.90 Å². The summed E-state index contributed by atoms with van der Waals surface area (Å²) in [6.07, 6.45) is 1.26. The summed E-state index contributed by atoms with van der Waals surface area (Å²) in [6, 6.07) is 12.7. The first-order valence-electron chi connectivity index (χ1n) is 9.48. The molecule has 1 saturated heterocycles. The molecule has 7 heteroatoms. The van der Waals surface area contributed by atoms with Crippen molar-refractivity contribution in [3.05, 3.63) is 59.9 Å². The molecule has 0 spiro atoms. The summed E-state index contributed by atoms with van der Waals surface area (Å²) in [5, 5.41) is 10.3. The van der Waals surface area contributed by atoms with E-state index < -0.39 is 6.10 Å². The Bertz CT molecular complexity index is 731. The Morgan fingerprint density at radius 3 is 2.46 bits per heavy atom. The number of aliphatic hydroxyl groups excluding tert-OH is 1. The van der Waals surface area contributed by atoms with E-state index in [0.29, 0.717) is 17.9 Å². The van der Waals surface area contributed by atoms with Crippen LogP contribution in [-0.2, 0) is 11.3 Å². The van der Waals surface area contributed by atoms with E-state index in [1.54, 1.807) is 24.3 Å². The molecule has 0 bridgehead atoms. The standard InChI is InChI=1S/C21H27N3O4/c1-27-21(26)17-5-7-20(8-6-17)28-16-19(25)15-24-12-10-23(11-13-24)14-18-4-2-3-9-22-18/h2-9,19,25H,10-16H2,1H3/t19-/m1/s1. The van der Waals surface area contributed by atoms with E-state index in [1.165, 1.54) is 7.11 Å². The highest BCUT2D eigenvalue weighted by molar-refractivity contribution is 5.89. The molecule has 0 unspecified atom stereocenters. The molecule has 28 heavy (non-hydrogen) atoms. The van der Waals surface area contributed by atoms with E-state index in [-0.39, 0.29) is 12.6 Å². The zero-order valence-electron chi connectivity index (χ0n) is 16.2. The molecule has 1 aromatic carbocycles. The number of nitrogens with zero attached hydrogens (tertiary/aromatic N) is 3. The first-order valence-corrected chi connectivity index (χ1v) is 9.48. The number of methoxy groups -OCH3 is 1. The zero-order valence-corrected chi connectivity index (χ0v) is 16.2. The summed E-state index contributed by atoms with van der Waals surface area (Å²) in [5.41, 5.74) is 1.56. The van der Waals surface area contributed by atoms with Crippen molar-refractivity contribution in [1.82, 2.24) is 14.8 Å². The lowest BCUT2D eigenvalue weighted by atomic mass is 10.2. The van der Waals surface area contributed by atoms with Crippen LogP contribution in [0, 0.1) is 0 Å². The second kappa shape index (κ2) is 10.2. The Morgan fingerprint density at radius 1 is 1.11 bits per heavy atom. The molecule has 1 aliphatic rings. The maximum atomic E-state index is 11.4. The van der Waals surface area contributed by atoms with Crippen molar-refractivity contribution in [2.24, 2.45) is 0 Å². The number of rotatable bonds is 8. The fourth-order valence-corrected chi connectivity index (χ4v) is 3.20. The number of aliphatic hydroxyl groups is 1. The maximum absolute atomic E-state index is 11.4. The number of piperazine rings is 1. The number of carbonyl (C=O) groups is 1. The van der Waals surface area contributed by atoms with Gasteiger partial charge in [0.15, 0.2) is 0 Å². The summed E-state index contributed by atoms with van der Waals surface area (Å²) >= 11 is 0. The number of benzene rings is 1. The monoisotopic (exact) mass is 385 g/mol. The summed E-state index contributed by atoms with van der Waals surface area (Å²) in [7, 11) is 1.35. The highest BCUT2D eigenvalue weighted by Gasteiger charge is 2.20. The van der Waals surface area contributed by atoms with Gasteiger partial charge in [-0.2, -0.15) is 0 Å². The lowest BCUT2D eigenvalue weighted by molar-refractivity contribution is 0.0443. The van der Waals surface area contributed by atoms with Gasteiger partial charge in [-0.3, -0.25) is 14.8 Å². The van der Waals surface area contributed by atoms with Crippen LogP contribution in [0.25, 0.3) is 0 Å². The number of aromatic nitrogens is 1. The third-order valence-corrected chi connectivity index (χ3v) is 4.76. The first-order chi connectivity index (χ1) is 13.6. The normalized spacial score (nSPS) is 16.5. The van der Waals surface area contributed by atoms with Crippen LogP contribution >= 0.6 is 0 Å². The molecule has 0 amide bonds. The van der Waals surface area contributed by atoms with Crippen molar-refractivity contribution in [2.75, 3.05) is 46.4 Å². The molecule has 150 valence electrons. The van der Waals surface area contributed by atoms with Gasteiger partial charge in [-0.05, 0) is 36.4 Å². The second-order valence-corrected chi connectivity index (χ2v) is 6.88. The Morgan fingerprint density at radius 2 is 1.82 bits per heavy atom. The third kappa shape index (κ3) is 6.02. The van der Waals surface area contributed by atoms with Gasteiger partial charge in [0.1, 0.15) is 18.5 Å². The van der Waals surface area contributed by atoms with Crippen LogP contribution < -0.4 is 4.74 Å². The lowest BCUT2D eigenvalue weighted by Crippen LogP contribution is -2.48. The fourth-order valence-electron chi connectivity index (χ4n) is 3.20. The van der Waals surface area contributed by atoms with Crippen molar-refractivity contribution in [3.63, 3.8) is 0 Å². The average Bonchev–Trinajstić information content (AvgIpc) is 2.74. The smallest absolute Gasteiger partial charge is 0.337 e. The van der Waals surface area contributed by atoms with Crippen LogP contribution in [0.3, 0.4) is 0 Å². The topological polar surface area (TPSA) is 75.1 Å². The van der Waals surface area contributed by atoms with Gasteiger partial charge in [-0.1, -0.05) is 6.07 Å². The number of esters is 1. The molecule has 3 rings (SSSR count). The van der Waals surface area contributed by atoms with Crippen molar-refractivity contribution >= 4 is 5.97 Å². The maximum Gasteiger partial charge on any atom is 0.337 e. The summed E-state index contributed by atoms with van der Waals surface area (Å²) in [6.45, 7) is 5.40. The number of carbonyl (C=O) groups excluding carboxylic acids is 1. The number of hydrogen-bond donors (Lipinski definition) is 1. The van der Waals surface area contributed by atoms with Crippen LogP contribution in [0.2, 0.25) is 0 Å². The molecule has 1 aliphatic heterocycles. The van der Waals surface area contributed by atoms with Crippen LogP contribution in [0.1, 0.15) is 16.1 Å². The van der Waals surface area contributed by atoms with Crippen molar-refractivity contribution in [3.8, 4) is 5.75 Å². The van der Waals surface area contributed by atoms with Crippen LogP contribution in [-0.4, -0.2) is 78.4 Å². The average molecular weight is 385 g/mol. The van der Waals surface area contributed by atoms with Gasteiger partial charge in [0, 0.05) is 45.5 Å². The van der Waals surface area contributed by atoms with Gasteiger partial charge in [0.2, 0.25) is 0 Å². The molecule has 1 atom stereocenters. The third-order valence-electron chi connectivity index (χ3n) is 4.76. The van der Waals surface area contributed by atoms with E-state index in [2.05, 4.69) is 19.5 Å². The van der Waals surface area contributed by atoms with Crippen LogP contribution in [0.5, 0.6) is 5.75 Å². The van der Waals surface area contributed by atoms with E-state index >= 15 is 0 Å². The SMILES string of the molecule is COC(=O)c1ccc(OC[C@H](O)CN2CCN(Cc3ccccn3)CC2)cc1. The van der Waals surface area contributed by atoms with Gasteiger partial charge in [0.25, 0.3) is 0 Å². The minimum atomic E-state index is -0.567. The Balaban J connectivity index is 1.36. The Labute approximate surface area is 165 Å². The summed E-state index contributed by atoms with van der Waals surface area (Å²) in [4.78, 5) is 20.4. The molecule has 1 fully saturated rings. The molecule has 0 aliphatic carbocycles. The minimum Gasteiger partial charge on any atom is -0.491 e. The molecular formula is C21H27N3O4. The predicted octanol–water partition coefficient (Wildman–Crippen LogP) is 1.43. The first kappa shape index (κ1) is 20.3. The van der Waals surface area contributed by atoms with E-state index in [0.717, 1.165) is 38.4 Å². The van der Waals surface area contributed by atoms with Crippen molar-refractivity contribution in [1.29, 1.82) is 0 Å². The summed E-state index contributed by atoms with van der Waals surface area (Å²) < 4.78 is 10.3. The van der Waals surface area contributed by atoms with Gasteiger partial charge in [-0.15, -0.1) is 0 Å². The van der Waals surface area contributed by atoms with Crippen molar-refractivity contribution in [2.45, 2.75) is 12.6 Å². The van der Waals surface area contributed by atoms with Crippen molar-refractivity contribution < 1.29 is 19.4 Å². The number of β-amino-alcohol motifs (C(OH)–C–C–N with tert-alkyl or cyclic N) is 1. The van der Waals surface area contributed by atoms with E-state index in [4.69, 9.17) is 4.74 Å². The molecule has 2 heterocycles. The summed E-state index contributed by atoms with van der Waals surface area (Å²) in [5.74, 6) is 0.237. The highest BCUT2D eigenvalue weighted by Crippen LogP contribution is 2.14. The highest BCUT2D eigenvalue weighted by atomic mass is 16.5. The molecule has 7 nitrogen and oxygen atoms in total. The Kier molecular flexibility index (Phi) is 7.36. The van der Waals surface area contributed by atoms with Crippen LogP contribution in [0.4, 0.5) is 0 Å². The van der Waals surface area contributed by atoms with Gasteiger partial charge >= 0.3 is 5.97 Å². The number of pyridine rings is 1. The zero-order chi connectivity index (χ0) is 19.8. The molecule has 0 saturated carbocycles. The quantitative estimate of drug-likeness (QED) is 0.689. The van der Waals surface area contributed by atoms with Crippen LogP contribution in [0.15, 0.2) is 48.7 Å². The second-order valence-electron chi connectivity index (χ2n) is 6.88. The molecular weight excluding hydrogens is 358 g/mol. The number of hydrogen-bond acceptors (Lipinski definition) is 7. The van der Waals surface area contributed by atoms with Gasteiger partial charge in [0.05, 0.1) is 18.4 Å². The number of ether oxygens (including phenoxy) is 2. The molecule has 1 N–H and O–H groups in total. The molecule has 0 radical (unpaired) electrons. The largest absolute Gasteiger partial charge is 0.491 e. The minimum absolute atomic E-state index is 0.214. The lowest BCUT2D eigenvalue weighted by Gasteiger charge is -2.35. The fraction of sp³-hybridized carbons (Fsp3) is 0.429. The van der Waals surface area contributed by atoms with Gasteiger partial charge < -0.3 is 14.6 Å². The van der Waals surface area contributed by atoms with E-state index in [1.807, 2.05) is 24.4 Å².